The van der Waals surface area contributed by atoms with Gasteiger partial charge >= 0.3 is 0 Å². The maximum Gasteiger partial charge on any atom is 0.231 e. The normalized spacial score (nSPS) is 13.5. The Kier molecular flexibility index (Phi) is 9.56. The summed E-state index contributed by atoms with van der Waals surface area (Å²) >= 11 is 0. The van der Waals surface area contributed by atoms with E-state index in [0.29, 0.717) is 30.6 Å². The minimum absolute atomic E-state index is 0. The molecular weight excluding hydrogens is 489 g/mol. The average Bonchev–Trinajstić information content (AvgIpc) is 3.14. The number of nitrogens with one attached hydrogen (secondary N) is 2. The van der Waals surface area contributed by atoms with Gasteiger partial charge in [0.2, 0.25) is 6.79 Å². The third kappa shape index (κ3) is 6.97. The lowest BCUT2D eigenvalue weighted by Crippen LogP contribution is -2.39. The van der Waals surface area contributed by atoms with E-state index in [0.717, 1.165) is 29.2 Å². The van der Waals surface area contributed by atoms with Gasteiger partial charge in [0.1, 0.15) is 0 Å². The minimum atomic E-state index is -0.907. The molecule has 1 unspecified atom stereocenters. The van der Waals surface area contributed by atoms with E-state index < -0.39 is 10.8 Å². The lowest BCUT2D eigenvalue weighted by Gasteiger charge is -2.11. The zero-order valence-electron chi connectivity index (χ0n) is 15.8. The Bertz CT molecular complexity index is 803. The average molecular weight is 515 g/mol. The first kappa shape index (κ1) is 22.5. The highest BCUT2D eigenvalue weighted by Crippen LogP contribution is 2.32. The molecule has 1 heterocycles. The largest absolute Gasteiger partial charge is 0.454 e. The summed E-state index contributed by atoms with van der Waals surface area (Å²) in [6.45, 7) is 4.18. The van der Waals surface area contributed by atoms with E-state index in [4.69, 9.17) is 9.47 Å². The molecule has 2 aromatic rings. The highest BCUT2D eigenvalue weighted by Gasteiger charge is 2.13. The SMILES string of the molecule is CCNC(=NCc1ccc2c(c1)OCO2)NCCS(=O)Cc1ccccc1.I. The van der Waals surface area contributed by atoms with Crippen molar-refractivity contribution in [2.45, 2.75) is 19.2 Å². The highest BCUT2D eigenvalue weighted by atomic mass is 127. The predicted octanol–water partition coefficient (Wildman–Crippen LogP) is 3.04. The predicted molar refractivity (Wildman–Crippen MR) is 124 cm³/mol. The first-order valence-corrected chi connectivity index (χ1v) is 10.5. The van der Waals surface area contributed by atoms with Crippen molar-refractivity contribution in [3.05, 3.63) is 59.7 Å². The molecule has 0 saturated heterocycles. The second-order valence-corrected chi connectivity index (χ2v) is 7.66. The number of halogens is 1. The van der Waals surface area contributed by atoms with Gasteiger partial charge in [-0.25, -0.2) is 4.99 Å². The number of ether oxygens (including phenoxy) is 2. The topological polar surface area (TPSA) is 72.0 Å². The number of fused-ring (bicyclic) bond motifs is 1. The number of aliphatic imine (C=N–C) groups is 1. The summed E-state index contributed by atoms with van der Waals surface area (Å²) in [6.07, 6.45) is 0. The van der Waals surface area contributed by atoms with Gasteiger partial charge in [0.05, 0.1) is 6.54 Å². The maximum atomic E-state index is 12.2. The fourth-order valence-electron chi connectivity index (χ4n) is 2.67. The molecule has 2 N–H and O–H groups in total. The van der Waals surface area contributed by atoms with Crippen LogP contribution in [0.1, 0.15) is 18.1 Å². The van der Waals surface area contributed by atoms with Crippen molar-refractivity contribution < 1.29 is 13.7 Å². The first-order chi connectivity index (χ1) is 13.2. The number of hydrogen-bond acceptors (Lipinski definition) is 4. The Morgan fingerprint density at radius 3 is 2.64 bits per heavy atom. The van der Waals surface area contributed by atoms with Crippen LogP contribution in [-0.4, -0.2) is 35.8 Å². The van der Waals surface area contributed by atoms with Crippen molar-refractivity contribution in [1.29, 1.82) is 0 Å². The van der Waals surface area contributed by atoms with Crippen LogP contribution in [0.5, 0.6) is 11.5 Å². The van der Waals surface area contributed by atoms with Crippen LogP contribution in [0, 0.1) is 0 Å². The third-order valence-electron chi connectivity index (χ3n) is 3.99. The molecule has 6 nitrogen and oxygen atoms in total. The second kappa shape index (κ2) is 11.9. The Labute approximate surface area is 185 Å². The molecule has 152 valence electrons. The van der Waals surface area contributed by atoms with E-state index in [1.807, 2.05) is 55.5 Å². The molecule has 0 bridgehead atoms. The van der Waals surface area contributed by atoms with Gasteiger partial charge in [0.15, 0.2) is 17.5 Å². The van der Waals surface area contributed by atoms with E-state index in [1.165, 1.54) is 0 Å². The summed E-state index contributed by atoms with van der Waals surface area (Å²) in [5.41, 5.74) is 2.14. The van der Waals surface area contributed by atoms with E-state index in [2.05, 4.69) is 15.6 Å². The highest BCUT2D eigenvalue weighted by molar-refractivity contribution is 14.0. The molecule has 0 spiro atoms. The molecule has 0 aromatic heterocycles. The maximum absolute atomic E-state index is 12.2. The second-order valence-electron chi connectivity index (χ2n) is 6.08. The van der Waals surface area contributed by atoms with Crippen LogP contribution < -0.4 is 20.1 Å². The molecule has 1 aliphatic heterocycles. The summed E-state index contributed by atoms with van der Waals surface area (Å²) < 4.78 is 22.9. The Morgan fingerprint density at radius 1 is 1.07 bits per heavy atom. The van der Waals surface area contributed by atoms with Crippen LogP contribution in [0.15, 0.2) is 53.5 Å². The van der Waals surface area contributed by atoms with Gasteiger partial charge in [-0.3, -0.25) is 4.21 Å². The van der Waals surface area contributed by atoms with Gasteiger partial charge in [-0.1, -0.05) is 36.4 Å². The molecule has 2 aromatic carbocycles. The summed E-state index contributed by atoms with van der Waals surface area (Å²) in [5.74, 6) is 3.40. The van der Waals surface area contributed by atoms with Gasteiger partial charge < -0.3 is 20.1 Å². The van der Waals surface area contributed by atoms with Gasteiger partial charge in [0.25, 0.3) is 0 Å². The molecule has 0 saturated carbocycles. The summed E-state index contributed by atoms with van der Waals surface area (Å²) in [5, 5.41) is 6.46. The zero-order valence-corrected chi connectivity index (χ0v) is 19.0. The molecule has 28 heavy (non-hydrogen) atoms. The standard InChI is InChI=1S/C20H25N3O3S.HI/c1-2-21-20(22-10-11-27(24)14-16-6-4-3-5-7-16)23-13-17-8-9-18-19(12-17)26-15-25-18;/h3-9,12H,2,10-11,13-15H2,1H3,(H2,21,22,23);1H. The Balaban J connectivity index is 0.00000280. The quantitative estimate of drug-likeness (QED) is 0.322. The molecule has 1 atom stereocenters. The van der Waals surface area contributed by atoms with Crippen molar-refractivity contribution in [2.24, 2.45) is 4.99 Å². The first-order valence-electron chi connectivity index (χ1n) is 9.04. The lowest BCUT2D eigenvalue weighted by atomic mass is 10.2. The van der Waals surface area contributed by atoms with Gasteiger partial charge in [-0.2, -0.15) is 0 Å². The fraction of sp³-hybridized carbons (Fsp3) is 0.350. The summed E-state index contributed by atoms with van der Waals surface area (Å²) in [6, 6.07) is 15.7. The number of rotatable bonds is 8. The van der Waals surface area contributed by atoms with Crippen LogP contribution in [0.2, 0.25) is 0 Å². The van der Waals surface area contributed by atoms with Crippen LogP contribution in [0.4, 0.5) is 0 Å². The van der Waals surface area contributed by atoms with E-state index in [9.17, 15) is 4.21 Å². The number of guanidine groups is 1. The van der Waals surface area contributed by atoms with E-state index in [-0.39, 0.29) is 30.8 Å². The van der Waals surface area contributed by atoms with Gasteiger partial charge in [0, 0.05) is 35.4 Å². The molecule has 8 heteroatoms. The number of hydrogen-bond donors (Lipinski definition) is 2. The van der Waals surface area contributed by atoms with E-state index >= 15 is 0 Å². The van der Waals surface area contributed by atoms with Crippen LogP contribution >= 0.6 is 24.0 Å². The molecule has 0 amide bonds. The van der Waals surface area contributed by atoms with Crippen molar-refractivity contribution in [1.82, 2.24) is 10.6 Å². The van der Waals surface area contributed by atoms with Crippen molar-refractivity contribution in [2.75, 3.05) is 25.6 Å². The minimum Gasteiger partial charge on any atom is -0.454 e. The molecule has 0 radical (unpaired) electrons. The zero-order chi connectivity index (χ0) is 18.9. The molecular formula is C20H26IN3O3S. The fourth-order valence-corrected chi connectivity index (χ4v) is 3.71. The lowest BCUT2D eigenvalue weighted by molar-refractivity contribution is 0.174. The van der Waals surface area contributed by atoms with E-state index in [1.54, 1.807) is 0 Å². The smallest absolute Gasteiger partial charge is 0.231 e. The molecule has 0 aliphatic carbocycles. The summed E-state index contributed by atoms with van der Waals surface area (Å²) in [7, 11) is -0.907. The summed E-state index contributed by atoms with van der Waals surface area (Å²) in [4.78, 5) is 4.59. The van der Waals surface area contributed by atoms with Crippen LogP contribution in [0.25, 0.3) is 0 Å². The monoisotopic (exact) mass is 515 g/mol. The molecule has 1 aliphatic rings. The van der Waals surface area contributed by atoms with Crippen LogP contribution in [-0.2, 0) is 23.1 Å². The molecule has 3 rings (SSSR count). The Morgan fingerprint density at radius 2 is 1.86 bits per heavy atom. The van der Waals surface area contributed by atoms with Crippen molar-refractivity contribution >= 4 is 40.7 Å². The Hall–Kier alpha value is -1.81. The number of nitrogens with zero attached hydrogens (tertiary/aromatic N) is 1. The van der Waals surface area contributed by atoms with Gasteiger partial charge in [-0.05, 0) is 30.2 Å². The van der Waals surface area contributed by atoms with Crippen LogP contribution in [0.3, 0.4) is 0 Å². The third-order valence-corrected chi connectivity index (χ3v) is 5.31. The van der Waals surface area contributed by atoms with Crippen molar-refractivity contribution in [3.8, 4) is 11.5 Å². The van der Waals surface area contributed by atoms with Gasteiger partial charge in [-0.15, -0.1) is 24.0 Å². The number of benzene rings is 2. The van der Waals surface area contributed by atoms with Crippen molar-refractivity contribution in [3.63, 3.8) is 0 Å². The molecule has 0 fully saturated rings.